The Kier molecular flexibility index (Phi) is 8.31. The summed E-state index contributed by atoms with van der Waals surface area (Å²) >= 11 is 0. The van der Waals surface area contributed by atoms with Crippen LogP contribution in [-0.2, 0) is 20.7 Å². The van der Waals surface area contributed by atoms with Gasteiger partial charge in [-0.05, 0) is 43.7 Å². The number of rotatable bonds is 10. The lowest BCUT2D eigenvalue weighted by molar-refractivity contribution is -0.206. The SMILES string of the molecule is COc1ccc(C(=O)c2ccc(OCCc3c[nH]c4ccccc34)nc2)c(OC(C)(C)C(=O)OC(=O)C(F)(F)F)c1. The van der Waals surface area contributed by atoms with Crippen molar-refractivity contribution >= 4 is 28.6 Å². The van der Waals surface area contributed by atoms with Crippen LogP contribution in [0.4, 0.5) is 13.2 Å². The first-order valence-corrected chi connectivity index (χ1v) is 12.3. The van der Waals surface area contributed by atoms with Crippen molar-refractivity contribution in [3.05, 3.63) is 83.7 Å². The maximum Gasteiger partial charge on any atom is 0.491 e. The van der Waals surface area contributed by atoms with E-state index in [-0.39, 0.29) is 22.6 Å². The summed E-state index contributed by atoms with van der Waals surface area (Å²) in [5.41, 5.74) is 0.151. The average Bonchev–Trinajstić information content (AvgIpc) is 3.35. The number of ether oxygens (including phenoxy) is 4. The first-order chi connectivity index (χ1) is 19.4. The van der Waals surface area contributed by atoms with Crippen LogP contribution in [0.3, 0.4) is 0 Å². The summed E-state index contributed by atoms with van der Waals surface area (Å²) in [6, 6.07) is 15.0. The van der Waals surface area contributed by atoms with Gasteiger partial charge in [-0.3, -0.25) is 4.79 Å². The average molecular weight is 571 g/mol. The number of aromatic amines is 1. The van der Waals surface area contributed by atoms with Gasteiger partial charge >= 0.3 is 18.1 Å². The molecule has 0 fully saturated rings. The van der Waals surface area contributed by atoms with Crippen molar-refractivity contribution in [3.63, 3.8) is 0 Å². The predicted molar refractivity (Wildman–Crippen MR) is 140 cm³/mol. The van der Waals surface area contributed by atoms with Gasteiger partial charge in [0, 0.05) is 47.4 Å². The summed E-state index contributed by atoms with van der Waals surface area (Å²) in [6.45, 7) is 2.54. The lowest BCUT2D eigenvalue weighted by Crippen LogP contribution is -2.43. The van der Waals surface area contributed by atoms with Crippen LogP contribution in [0.2, 0.25) is 0 Å². The Morgan fingerprint density at radius 1 is 0.976 bits per heavy atom. The number of para-hydroxylation sites is 1. The Morgan fingerprint density at radius 2 is 1.73 bits per heavy atom. The summed E-state index contributed by atoms with van der Waals surface area (Å²) in [5, 5.41) is 1.10. The number of carbonyl (C=O) groups is 3. The van der Waals surface area contributed by atoms with Gasteiger partial charge in [0.2, 0.25) is 11.5 Å². The normalized spacial score (nSPS) is 11.7. The molecule has 2 heterocycles. The molecule has 0 amide bonds. The Morgan fingerprint density at radius 3 is 2.41 bits per heavy atom. The molecule has 0 atom stereocenters. The number of nitrogens with one attached hydrogen (secondary N) is 1. The molecule has 0 aliphatic carbocycles. The molecule has 9 nitrogen and oxygen atoms in total. The van der Waals surface area contributed by atoms with Crippen LogP contribution < -0.4 is 14.2 Å². The number of esters is 2. The van der Waals surface area contributed by atoms with Crippen molar-refractivity contribution < 1.29 is 46.5 Å². The summed E-state index contributed by atoms with van der Waals surface area (Å²) < 4.78 is 58.0. The van der Waals surface area contributed by atoms with Gasteiger partial charge in [-0.25, -0.2) is 14.6 Å². The fraction of sp³-hybridized carbons (Fsp3) is 0.241. The minimum Gasteiger partial charge on any atom is -0.497 e. The maximum absolute atomic E-state index is 13.3. The first-order valence-electron chi connectivity index (χ1n) is 12.3. The Hall–Kier alpha value is -4.87. The fourth-order valence-corrected chi connectivity index (χ4v) is 3.84. The molecule has 0 saturated carbocycles. The quantitative estimate of drug-likeness (QED) is 0.157. The molecule has 2 aromatic carbocycles. The van der Waals surface area contributed by atoms with Crippen molar-refractivity contribution in [2.75, 3.05) is 13.7 Å². The summed E-state index contributed by atoms with van der Waals surface area (Å²) in [5.74, 6) is -4.49. The number of halogens is 3. The number of benzene rings is 2. The number of alkyl halides is 3. The minimum atomic E-state index is -5.37. The second kappa shape index (κ2) is 11.7. The van der Waals surface area contributed by atoms with E-state index in [1.54, 1.807) is 0 Å². The number of methoxy groups -OCH3 is 1. The van der Waals surface area contributed by atoms with Gasteiger partial charge in [-0.2, -0.15) is 13.2 Å². The number of nitrogens with zero attached hydrogens (tertiary/aromatic N) is 1. The minimum absolute atomic E-state index is 0.0383. The molecule has 0 aliphatic heterocycles. The second-order valence-corrected chi connectivity index (χ2v) is 9.32. The molecule has 4 rings (SSSR count). The van der Waals surface area contributed by atoms with E-state index in [0.717, 1.165) is 30.3 Å². The standard InChI is InChI=1S/C29H25F3N2O7/c1-28(2,26(36)40-27(37)29(30,31)32)41-23-14-19(38-3)9-10-21(23)25(35)18-8-11-24(34-16-18)39-13-12-17-15-33-22-7-5-4-6-20(17)22/h4-11,14-16,33H,12-13H2,1-3H3. The van der Waals surface area contributed by atoms with Crippen molar-refractivity contribution in [2.24, 2.45) is 0 Å². The second-order valence-electron chi connectivity index (χ2n) is 9.32. The molecule has 1 N–H and O–H groups in total. The summed E-state index contributed by atoms with van der Waals surface area (Å²) in [7, 11) is 1.35. The highest BCUT2D eigenvalue weighted by molar-refractivity contribution is 6.10. The molecule has 0 bridgehead atoms. The largest absolute Gasteiger partial charge is 0.497 e. The van der Waals surface area contributed by atoms with Gasteiger partial charge in [0.15, 0.2) is 5.78 Å². The van der Waals surface area contributed by atoms with Crippen molar-refractivity contribution in [1.82, 2.24) is 9.97 Å². The highest BCUT2D eigenvalue weighted by atomic mass is 19.4. The molecule has 0 unspecified atom stereocenters. The van der Waals surface area contributed by atoms with Crippen LogP contribution in [-0.4, -0.2) is 53.2 Å². The van der Waals surface area contributed by atoms with E-state index in [2.05, 4.69) is 14.7 Å². The third kappa shape index (κ3) is 6.83. The molecule has 0 aliphatic rings. The number of hydrogen-bond acceptors (Lipinski definition) is 8. The van der Waals surface area contributed by atoms with Crippen molar-refractivity contribution in [1.29, 1.82) is 0 Å². The van der Waals surface area contributed by atoms with Gasteiger partial charge in [-0.1, -0.05) is 18.2 Å². The summed E-state index contributed by atoms with van der Waals surface area (Å²) in [6.07, 6.45) is -1.51. The third-order valence-electron chi connectivity index (χ3n) is 6.00. The first kappa shape index (κ1) is 29.1. The number of hydrogen-bond donors (Lipinski definition) is 1. The fourth-order valence-electron chi connectivity index (χ4n) is 3.84. The van der Waals surface area contributed by atoms with Gasteiger partial charge in [0.05, 0.1) is 19.3 Å². The van der Waals surface area contributed by atoms with E-state index in [1.165, 1.54) is 43.6 Å². The molecule has 0 radical (unpaired) electrons. The van der Waals surface area contributed by atoms with Gasteiger partial charge < -0.3 is 23.9 Å². The number of H-pyrrole nitrogens is 1. The van der Waals surface area contributed by atoms with Crippen LogP contribution in [0.15, 0.2) is 67.0 Å². The number of fused-ring (bicyclic) bond motifs is 1. The highest BCUT2D eigenvalue weighted by Gasteiger charge is 2.45. The van der Waals surface area contributed by atoms with Gasteiger partial charge in [-0.15, -0.1) is 0 Å². The van der Waals surface area contributed by atoms with Crippen LogP contribution in [0.25, 0.3) is 10.9 Å². The van der Waals surface area contributed by atoms with Crippen LogP contribution in [0.1, 0.15) is 35.3 Å². The zero-order valence-corrected chi connectivity index (χ0v) is 22.2. The summed E-state index contributed by atoms with van der Waals surface area (Å²) in [4.78, 5) is 44.1. The molecular weight excluding hydrogens is 545 g/mol. The third-order valence-corrected chi connectivity index (χ3v) is 6.00. The molecule has 41 heavy (non-hydrogen) atoms. The van der Waals surface area contributed by atoms with Crippen molar-refractivity contribution in [3.8, 4) is 17.4 Å². The van der Waals surface area contributed by atoms with E-state index in [1.807, 2.05) is 30.5 Å². The monoisotopic (exact) mass is 570 g/mol. The lowest BCUT2D eigenvalue weighted by Gasteiger charge is -2.25. The Balaban J connectivity index is 1.46. The molecule has 0 saturated heterocycles. The van der Waals surface area contributed by atoms with Crippen LogP contribution in [0, 0.1) is 0 Å². The molecule has 4 aromatic rings. The Bertz CT molecular complexity index is 1580. The maximum atomic E-state index is 13.3. The van der Waals surface area contributed by atoms with E-state index >= 15 is 0 Å². The van der Waals surface area contributed by atoms with Gasteiger partial charge in [0.25, 0.3) is 0 Å². The smallest absolute Gasteiger partial charge is 0.491 e. The topological polar surface area (TPSA) is 117 Å². The lowest BCUT2D eigenvalue weighted by atomic mass is 10.0. The number of pyridine rings is 1. The highest BCUT2D eigenvalue weighted by Crippen LogP contribution is 2.31. The molecule has 0 spiro atoms. The number of carbonyl (C=O) groups excluding carboxylic acids is 3. The van der Waals surface area contributed by atoms with E-state index in [0.29, 0.717) is 18.9 Å². The number of aromatic nitrogens is 2. The molecular formula is C29H25F3N2O7. The number of ketones is 1. The Labute approximate surface area is 232 Å². The van der Waals surface area contributed by atoms with E-state index in [9.17, 15) is 27.6 Å². The van der Waals surface area contributed by atoms with E-state index < -0.39 is 29.5 Å². The molecule has 214 valence electrons. The zero-order chi connectivity index (χ0) is 29.8. The van der Waals surface area contributed by atoms with Crippen LogP contribution >= 0.6 is 0 Å². The van der Waals surface area contributed by atoms with Gasteiger partial charge in [0.1, 0.15) is 11.5 Å². The van der Waals surface area contributed by atoms with Crippen LogP contribution in [0.5, 0.6) is 17.4 Å². The zero-order valence-electron chi connectivity index (χ0n) is 22.2. The molecule has 2 aromatic heterocycles. The predicted octanol–water partition coefficient (Wildman–Crippen LogP) is 5.21. The van der Waals surface area contributed by atoms with E-state index in [4.69, 9.17) is 14.2 Å². The van der Waals surface area contributed by atoms with Crippen molar-refractivity contribution in [2.45, 2.75) is 32.0 Å². The molecule has 12 heteroatoms.